The van der Waals surface area contributed by atoms with Gasteiger partial charge in [0.05, 0.1) is 5.01 Å². The van der Waals surface area contributed by atoms with Gasteiger partial charge < -0.3 is 10.1 Å². The van der Waals surface area contributed by atoms with Crippen LogP contribution in [-0.2, 0) is 11.3 Å². The Morgan fingerprint density at radius 3 is 2.94 bits per heavy atom. The van der Waals surface area contributed by atoms with Crippen molar-refractivity contribution in [2.75, 3.05) is 19.8 Å². The molecule has 0 unspecified atom stereocenters. The molecule has 1 fully saturated rings. The van der Waals surface area contributed by atoms with Crippen molar-refractivity contribution >= 4 is 11.3 Å². The standard InChI is InChI=1S/C14H24N2OS/c1-12-16-11-14(18-12)10-15-7-3-2-4-13-5-8-17-9-6-13/h11,13,15H,2-10H2,1H3. The van der Waals surface area contributed by atoms with Crippen molar-refractivity contribution in [3.05, 3.63) is 16.1 Å². The smallest absolute Gasteiger partial charge is 0.0897 e. The lowest BCUT2D eigenvalue weighted by molar-refractivity contribution is 0.0632. The molecule has 0 aliphatic carbocycles. The Hall–Kier alpha value is -0.450. The molecule has 18 heavy (non-hydrogen) atoms. The fourth-order valence-electron chi connectivity index (χ4n) is 2.42. The van der Waals surface area contributed by atoms with E-state index in [1.54, 1.807) is 11.3 Å². The van der Waals surface area contributed by atoms with Crippen molar-refractivity contribution in [1.29, 1.82) is 0 Å². The van der Waals surface area contributed by atoms with Crippen molar-refractivity contribution in [3.63, 3.8) is 0 Å². The number of hydrogen-bond acceptors (Lipinski definition) is 4. The second kappa shape index (κ2) is 7.87. The van der Waals surface area contributed by atoms with E-state index in [0.717, 1.165) is 37.2 Å². The Morgan fingerprint density at radius 2 is 2.22 bits per heavy atom. The molecule has 102 valence electrons. The lowest BCUT2D eigenvalue weighted by Gasteiger charge is -2.21. The average Bonchev–Trinajstić information content (AvgIpc) is 2.81. The molecule has 1 aliphatic rings. The summed E-state index contributed by atoms with van der Waals surface area (Å²) in [5.74, 6) is 0.919. The van der Waals surface area contributed by atoms with E-state index >= 15 is 0 Å². The molecule has 2 rings (SSSR count). The highest BCUT2D eigenvalue weighted by Crippen LogP contribution is 2.20. The van der Waals surface area contributed by atoms with E-state index in [-0.39, 0.29) is 0 Å². The molecule has 1 aromatic rings. The lowest BCUT2D eigenvalue weighted by Crippen LogP contribution is -2.17. The summed E-state index contributed by atoms with van der Waals surface area (Å²) in [4.78, 5) is 5.60. The molecule has 0 radical (unpaired) electrons. The van der Waals surface area contributed by atoms with E-state index in [2.05, 4.69) is 17.2 Å². The second-order valence-electron chi connectivity index (χ2n) is 5.07. The summed E-state index contributed by atoms with van der Waals surface area (Å²) in [6, 6.07) is 0. The van der Waals surface area contributed by atoms with Crippen LogP contribution in [0.4, 0.5) is 0 Å². The zero-order valence-electron chi connectivity index (χ0n) is 11.3. The third-order valence-corrected chi connectivity index (χ3v) is 4.44. The van der Waals surface area contributed by atoms with Gasteiger partial charge in [-0.2, -0.15) is 0 Å². The molecule has 0 atom stereocenters. The number of rotatable bonds is 7. The van der Waals surface area contributed by atoms with Gasteiger partial charge in [0.1, 0.15) is 0 Å². The van der Waals surface area contributed by atoms with Gasteiger partial charge in [-0.1, -0.05) is 12.8 Å². The fourth-order valence-corrected chi connectivity index (χ4v) is 3.18. The van der Waals surface area contributed by atoms with Gasteiger partial charge in [0.2, 0.25) is 0 Å². The first-order valence-corrected chi connectivity index (χ1v) is 7.86. The van der Waals surface area contributed by atoms with E-state index < -0.39 is 0 Å². The number of hydrogen-bond donors (Lipinski definition) is 1. The highest BCUT2D eigenvalue weighted by molar-refractivity contribution is 7.11. The maximum atomic E-state index is 5.38. The van der Waals surface area contributed by atoms with Gasteiger partial charge in [0, 0.05) is 30.8 Å². The molecule has 1 N–H and O–H groups in total. The maximum Gasteiger partial charge on any atom is 0.0897 e. The minimum atomic E-state index is 0.919. The number of aryl methyl sites for hydroxylation is 1. The van der Waals surface area contributed by atoms with E-state index in [4.69, 9.17) is 4.74 Å². The Bertz CT molecular complexity index is 334. The maximum absolute atomic E-state index is 5.38. The Labute approximate surface area is 114 Å². The van der Waals surface area contributed by atoms with Crippen LogP contribution < -0.4 is 5.32 Å². The summed E-state index contributed by atoms with van der Waals surface area (Å²) in [6.07, 6.45) is 8.54. The summed E-state index contributed by atoms with van der Waals surface area (Å²) >= 11 is 1.79. The normalized spacial score (nSPS) is 17.2. The molecule has 1 aliphatic heterocycles. The SMILES string of the molecule is Cc1ncc(CNCCCCC2CCOCC2)s1. The van der Waals surface area contributed by atoms with Gasteiger partial charge in [-0.3, -0.25) is 0 Å². The van der Waals surface area contributed by atoms with E-state index in [9.17, 15) is 0 Å². The van der Waals surface area contributed by atoms with Gasteiger partial charge >= 0.3 is 0 Å². The molecule has 1 aromatic heterocycles. The first-order chi connectivity index (χ1) is 8.84. The number of nitrogens with one attached hydrogen (secondary N) is 1. The van der Waals surface area contributed by atoms with Crippen LogP contribution in [-0.4, -0.2) is 24.7 Å². The first-order valence-electron chi connectivity index (χ1n) is 7.04. The number of nitrogens with zero attached hydrogens (tertiary/aromatic N) is 1. The van der Waals surface area contributed by atoms with Gasteiger partial charge in [-0.25, -0.2) is 4.98 Å². The summed E-state index contributed by atoms with van der Waals surface area (Å²) < 4.78 is 5.38. The predicted octanol–water partition coefficient (Wildman–Crippen LogP) is 3.14. The van der Waals surface area contributed by atoms with Crippen LogP contribution in [0.25, 0.3) is 0 Å². The minimum Gasteiger partial charge on any atom is -0.381 e. The molecule has 0 aromatic carbocycles. The molecule has 4 heteroatoms. The van der Waals surface area contributed by atoms with E-state index in [1.807, 2.05) is 6.20 Å². The van der Waals surface area contributed by atoms with Crippen LogP contribution in [0.2, 0.25) is 0 Å². The quantitative estimate of drug-likeness (QED) is 0.771. The van der Waals surface area contributed by atoms with Crippen LogP contribution in [0.1, 0.15) is 42.0 Å². The average molecular weight is 268 g/mol. The zero-order chi connectivity index (χ0) is 12.6. The summed E-state index contributed by atoms with van der Waals surface area (Å²) in [5.41, 5.74) is 0. The summed E-state index contributed by atoms with van der Waals surface area (Å²) in [7, 11) is 0. The Balaban J connectivity index is 1.46. The van der Waals surface area contributed by atoms with Crippen molar-refractivity contribution in [2.45, 2.75) is 45.6 Å². The van der Waals surface area contributed by atoms with Crippen LogP contribution in [0.5, 0.6) is 0 Å². The van der Waals surface area contributed by atoms with Crippen LogP contribution >= 0.6 is 11.3 Å². The number of unbranched alkanes of at least 4 members (excludes halogenated alkanes) is 1. The predicted molar refractivity (Wildman–Crippen MR) is 76.0 cm³/mol. The van der Waals surface area contributed by atoms with E-state index in [0.29, 0.717) is 0 Å². The van der Waals surface area contributed by atoms with Crippen molar-refractivity contribution in [1.82, 2.24) is 10.3 Å². The molecule has 0 saturated carbocycles. The number of ether oxygens (including phenoxy) is 1. The number of thiazole rings is 1. The molecule has 0 spiro atoms. The monoisotopic (exact) mass is 268 g/mol. The summed E-state index contributed by atoms with van der Waals surface area (Å²) in [6.45, 7) is 6.12. The van der Waals surface area contributed by atoms with Crippen LogP contribution in [0.3, 0.4) is 0 Å². The molecule has 2 heterocycles. The molecule has 3 nitrogen and oxygen atoms in total. The van der Waals surface area contributed by atoms with Gasteiger partial charge in [0.25, 0.3) is 0 Å². The third kappa shape index (κ3) is 5.04. The van der Waals surface area contributed by atoms with E-state index in [1.165, 1.54) is 37.0 Å². The molecule has 0 bridgehead atoms. The Kier molecular flexibility index (Phi) is 6.11. The topological polar surface area (TPSA) is 34.2 Å². The Morgan fingerprint density at radius 1 is 1.39 bits per heavy atom. The van der Waals surface area contributed by atoms with Gasteiger partial charge in [0.15, 0.2) is 0 Å². The first kappa shape index (κ1) is 14.0. The van der Waals surface area contributed by atoms with Crippen LogP contribution in [0.15, 0.2) is 6.20 Å². The highest BCUT2D eigenvalue weighted by atomic mass is 32.1. The molecular formula is C14H24N2OS. The van der Waals surface area contributed by atoms with Gasteiger partial charge in [-0.05, 0) is 38.6 Å². The number of aromatic nitrogens is 1. The molecular weight excluding hydrogens is 244 g/mol. The minimum absolute atomic E-state index is 0.919. The molecule has 1 saturated heterocycles. The van der Waals surface area contributed by atoms with Crippen molar-refractivity contribution < 1.29 is 4.74 Å². The third-order valence-electron chi connectivity index (χ3n) is 3.53. The van der Waals surface area contributed by atoms with Crippen LogP contribution in [0, 0.1) is 12.8 Å². The zero-order valence-corrected chi connectivity index (χ0v) is 12.1. The fraction of sp³-hybridized carbons (Fsp3) is 0.786. The second-order valence-corrected chi connectivity index (χ2v) is 6.39. The molecule has 0 amide bonds. The highest BCUT2D eigenvalue weighted by Gasteiger charge is 2.12. The van der Waals surface area contributed by atoms with Gasteiger partial charge in [-0.15, -0.1) is 11.3 Å². The lowest BCUT2D eigenvalue weighted by atomic mass is 9.94. The van der Waals surface area contributed by atoms with Crippen molar-refractivity contribution in [2.24, 2.45) is 5.92 Å². The van der Waals surface area contributed by atoms with Crippen molar-refractivity contribution in [3.8, 4) is 0 Å². The summed E-state index contributed by atoms with van der Waals surface area (Å²) in [5, 5.41) is 4.66. The largest absolute Gasteiger partial charge is 0.381 e.